The van der Waals surface area contributed by atoms with Crippen LogP contribution in [0.2, 0.25) is 0 Å². The van der Waals surface area contributed by atoms with E-state index in [-0.39, 0.29) is 0 Å². The molecule has 8 aromatic rings. The maximum absolute atomic E-state index is 2.62. The van der Waals surface area contributed by atoms with Crippen LogP contribution in [0.3, 0.4) is 0 Å². The fourth-order valence-corrected chi connectivity index (χ4v) is 15.2. The minimum Gasteiger partial charge on any atom is -0.342 e. The number of benzene rings is 8. The smallest absolute Gasteiger partial charge is 0.0726 e. The Balaban J connectivity index is 0.840. The Kier molecular flexibility index (Phi) is 8.65. The van der Waals surface area contributed by atoms with Crippen molar-refractivity contribution in [3.8, 4) is 33.4 Å². The first kappa shape index (κ1) is 40.8. The average molecular weight is 923 g/mol. The van der Waals surface area contributed by atoms with Crippen LogP contribution >= 0.6 is 0 Å². The molecular weight excluding hydrogens is 869 g/mol. The summed E-state index contributed by atoms with van der Waals surface area (Å²) in [5, 5.41) is 0. The summed E-state index contributed by atoms with van der Waals surface area (Å²) in [5.74, 6) is 0. The second kappa shape index (κ2) is 15.3. The van der Waals surface area contributed by atoms with Crippen LogP contribution in [0, 0.1) is 0 Å². The van der Waals surface area contributed by atoms with E-state index < -0.39 is 10.8 Å². The Labute approximate surface area is 423 Å². The SMILES string of the molecule is C1=CC2=C(CC1)CCCN2c1ccc2c(c1)C1(c3ccccc3-c3ccccc31)c1cc(/C=C/c3ccc4c(c3)C3(C5=C(CCC=C5)c5ccccc53)c3cc(N5CCCc6ccccc65)ccc3-4)ccc1-2. The average Bonchev–Trinajstić information content (AvgIpc) is 4.13. The molecule has 1 atom stereocenters. The van der Waals surface area contributed by atoms with Gasteiger partial charge < -0.3 is 9.80 Å². The summed E-state index contributed by atoms with van der Waals surface area (Å²) in [5.41, 5.74) is 32.3. The molecule has 344 valence electrons. The first-order chi connectivity index (χ1) is 35.7. The van der Waals surface area contributed by atoms with Crippen molar-refractivity contribution in [2.45, 2.75) is 62.2 Å². The number of fused-ring (bicyclic) bond motifs is 20. The molecule has 0 fully saturated rings. The molecule has 2 spiro atoms. The van der Waals surface area contributed by atoms with Gasteiger partial charge in [0.2, 0.25) is 0 Å². The van der Waals surface area contributed by atoms with E-state index in [2.05, 4.69) is 216 Å². The number of rotatable bonds is 4. The fourth-order valence-electron chi connectivity index (χ4n) is 15.2. The number of anilines is 3. The number of aryl methyl sites for hydroxylation is 1. The molecule has 0 N–H and O–H groups in total. The van der Waals surface area contributed by atoms with Crippen LogP contribution in [0.4, 0.5) is 17.1 Å². The molecule has 2 heteroatoms. The molecule has 0 amide bonds. The minimum atomic E-state index is -0.428. The van der Waals surface area contributed by atoms with Gasteiger partial charge in [-0.3, -0.25) is 0 Å². The Bertz CT molecular complexity index is 3800. The third-order valence-corrected chi connectivity index (χ3v) is 18.1. The van der Waals surface area contributed by atoms with Gasteiger partial charge in [-0.15, -0.1) is 0 Å². The van der Waals surface area contributed by atoms with E-state index in [4.69, 9.17) is 0 Å². The van der Waals surface area contributed by atoms with Gasteiger partial charge in [-0.2, -0.15) is 0 Å². The number of nitrogens with zero attached hydrogens (tertiary/aromatic N) is 2. The zero-order valence-corrected chi connectivity index (χ0v) is 40.6. The van der Waals surface area contributed by atoms with E-state index in [9.17, 15) is 0 Å². The lowest BCUT2D eigenvalue weighted by atomic mass is 9.68. The molecule has 0 saturated heterocycles. The van der Waals surface area contributed by atoms with Gasteiger partial charge in [-0.25, -0.2) is 0 Å². The van der Waals surface area contributed by atoms with E-state index in [0.29, 0.717) is 0 Å². The van der Waals surface area contributed by atoms with Crippen LogP contribution < -0.4 is 9.80 Å². The van der Waals surface area contributed by atoms with E-state index in [1.165, 1.54) is 148 Å². The monoisotopic (exact) mass is 922 g/mol. The number of hydrogen-bond donors (Lipinski definition) is 0. The summed E-state index contributed by atoms with van der Waals surface area (Å²) in [6.45, 7) is 2.08. The molecule has 72 heavy (non-hydrogen) atoms. The van der Waals surface area contributed by atoms with Crippen LogP contribution in [0.15, 0.2) is 211 Å². The summed E-state index contributed by atoms with van der Waals surface area (Å²) in [6, 6.07) is 66.2. The van der Waals surface area contributed by atoms with Crippen molar-refractivity contribution in [1.82, 2.24) is 0 Å². The Morgan fingerprint density at radius 2 is 0.903 bits per heavy atom. The molecule has 6 aliphatic carbocycles. The van der Waals surface area contributed by atoms with Crippen LogP contribution in [0.1, 0.15) is 106 Å². The van der Waals surface area contributed by atoms with Gasteiger partial charge in [0.15, 0.2) is 0 Å². The highest BCUT2D eigenvalue weighted by molar-refractivity contribution is 5.99. The van der Waals surface area contributed by atoms with Crippen LogP contribution in [-0.2, 0) is 17.3 Å². The zero-order chi connectivity index (χ0) is 47.1. The molecule has 2 heterocycles. The molecule has 8 aliphatic rings. The van der Waals surface area contributed by atoms with Crippen molar-refractivity contribution < 1.29 is 0 Å². The summed E-state index contributed by atoms with van der Waals surface area (Å²) in [7, 11) is 0. The second-order valence-corrected chi connectivity index (χ2v) is 21.4. The highest BCUT2D eigenvalue weighted by atomic mass is 15.2. The third kappa shape index (κ3) is 5.40. The molecule has 0 radical (unpaired) electrons. The standard InChI is InChI=1S/C70H54N2/c1-11-27-67-47(15-1)17-13-39-71(67)49-33-37-57-55-35-31-45(41-63(55)69(65(57)43-49)59-23-7-3-19-51(59)52-20-4-8-24-60(52)69)29-30-46-32-36-56-58-38-34-50(72-40-14-18-48-16-2-12-28-68(48)72)44-66(58)70(64(56)42-46)61-25-9-5-21-53(61)54-22-6-10-26-62(54)70/h1,3,5-12,15,19,21-38,41-44H,2,4,13-14,16-18,20,39-40H2/b30-29+. The van der Waals surface area contributed by atoms with Crippen LogP contribution in [-0.4, -0.2) is 13.1 Å². The highest BCUT2D eigenvalue weighted by Crippen LogP contribution is 2.65. The molecule has 1 unspecified atom stereocenters. The maximum atomic E-state index is 2.62. The lowest BCUT2D eigenvalue weighted by Crippen LogP contribution is -2.30. The lowest BCUT2D eigenvalue weighted by Gasteiger charge is -2.36. The predicted molar refractivity (Wildman–Crippen MR) is 299 cm³/mol. The first-order valence-corrected chi connectivity index (χ1v) is 26.7. The number of para-hydroxylation sites is 1. The van der Waals surface area contributed by atoms with E-state index in [0.717, 1.165) is 45.2 Å². The Morgan fingerprint density at radius 1 is 0.389 bits per heavy atom. The Hall–Kier alpha value is -7.94. The van der Waals surface area contributed by atoms with Gasteiger partial charge in [0.25, 0.3) is 0 Å². The number of hydrogen-bond acceptors (Lipinski definition) is 2. The largest absolute Gasteiger partial charge is 0.342 e. The quantitative estimate of drug-likeness (QED) is 0.162. The van der Waals surface area contributed by atoms with Crippen molar-refractivity contribution in [1.29, 1.82) is 0 Å². The van der Waals surface area contributed by atoms with Crippen molar-refractivity contribution in [3.05, 3.63) is 272 Å². The van der Waals surface area contributed by atoms with Crippen molar-refractivity contribution in [2.24, 2.45) is 0 Å². The van der Waals surface area contributed by atoms with Gasteiger partial charge in [0, 0.05) is 35.8 Å². The lowest BCUT2D eigenvalue weighted by molar-refractivity contribution is 0.689. The van der Waals surface area contributed by atoms with Gasteiger partial charge >= 0.3 is 0 Å². The molecular formula is C70H54N2. The topological polar surface area (TPSA) is 6.48 Å². The minimum absolute atomic E-state index is 0.393. The zero-order valence-electron chi connectivity index (χ0n) is 40.6. The number of allylic oxidation sites excluding steroid dienone is 7. The first-order valence-electron chi connectivity index (χ1n) is 26.7. The van der Waals surface area contributed by atoms with Crippen molar-refractivity contribution in [2.75, 3.05) is 22.9 Å². The summed E-state index contributed by atoms with van der Waals surface area (Å²) < 4.78 is 0. The van der Waals surface area contributed by atoms with Crippen LogP contribution in [0.25, 0.3) is 51.1 Å². The Morgan fingerprint density at radius 3 is 1.62 bits per heavy atom. The second-order valence-electron chi connectivity index (χ2n) is 21.4. The van der Waals surface area contributed by atoms with Gasteiger partial charge in [0.1, 0.15) is 0 Å². The van der Waals surface area contributed by atoms with E-state index >= 15 is 0 Å². The molecule has 0 bridgehead atoms. The van der Waals surface area contributed by atoms with E-state index in [1.54, 1.807) is 5.57 Å². The van der Waals surface area contributed by atoms with Gasteiger partial charge in [-0.05, 0) is 211 Å². The third-order valence-electron chi connectivity index (χ3n) is 18.1. The molecule has 0 saturated carbocycles. The summed E-state index contributed by atoms with van der Waals surface area (Å²) in [6.07, 6.45) is 23.6. The summed E-state index contributed by atoms with van der Waals surface area (Å²) >= 11 is 0. The normalized spacial score (nSPS) is 19.8. The molecule has 8 aromatic carbocycles. The molecule has 16 rings (SSSR count). The highest BCUT2D eigenvalue weighted by Gasteiger charge is 2.54. The summed E-state index contributed by atoms with van der Waals surface area (Å²) in [4.78, 5) is 5.19. The van der Waals surface area contributed by atoms with E-state index in [1.807, 2.05) is 0 Å². The predicted octanol–water partition coefficient (Wildman–Crippen LogP) is 16.9. The van der Waals surface area contributed by atoms with Gasteiger partial charge in [-0.1, -0.05) is 158 Å². The molecule has 2 aliphatic heterocycles. The molecule has 2 nitrogen and oxygen atoms in total. The maximum Gasteiger partial charge on any atom is 0.0726 e. The van der Waals surface area contributed by atoms with Crippen LogP contribution in [0.5, 0.6) is 0 Å². The molecule has 0 aromatic heterocycles. The van der Waals surface area contributed by atoms with Crippen molar-refractivity contribution >= 4 is 34.8 Å². The van der Waals surface area contributed by atoms with Gasteiger partial charge in [0.05, 0.1) is 10.8 Å². The fraction of sp³-hybridized carbons (Fsp3) is 0.171. The van der Waals surface area contributed by atoms with Crippen molar-refractivity contribution in [3.63, 3.8) is 0 Å².